The highest BCUT2D eigenvalue weighted by atomic mass is 16.5. The summed E-state index contributed by atoms with van der Waals surface area (Å²) in [4.78, 5) is 13.7. The molecule has 1 aliphatic rings. The molecule has 0 bridgehead atoms. The third-order valence-electron chi connectivity index (χ3n) is 3.36. The molecule has 0 N–H and O–H groups in total. The molecule has 98 valence electrons. The number of amides is 1. The Morgan fingerprint density at radius 1 is 1.33 bits per heavy atom. The molecule has 1 amide bonds. The smallest absolute Gasteiger partial charge is 0.222 e. The minimum atomic E-state index is 0.00449. The van der Waals surface area contributed by atoms with Crippen LogP contribution in [-0.4, -0.2) is 30.0 Å². The largest absolute Gasteiger partial charge is 0.367 e. The van der Waals surface area contributed by atoms with Crippen molar-refractivity contribution < 1.29 is 9.53 Å². The van der Waals surface area contributed by atoms with E-state index in [1.54, 1.807) is 0 Å². The van der Waals surface area contributed by atoms with Crippen molar-refractivity contribution in [3.63, 3.8) is 0 Å². The summed E-state index contributed by atoms with van der Waals surface area (Å²) in [5, 5.41) is 0. The Morgan fingerprint density at radius 3 is 2.61 bits per heavy atom. The average molecular weight is 247 g/mol. The molecule has 0 saturated carbocycles. The predicted octanol–water partition coefficient (Wildman–Crippen LogP) is 2.69. The molecular weight excluding hydrogens is 226 g/mol. The van der Waals surface area contributed by atoms with Crippen molar-refractivity contribution in [3.05, 3.63) is 35.4 Å². The summed E-state index contributed by atoms with van der Waals surface area (Å²) in [6.45, 7) is 7.37. The van der Waals surface area contributed by atoms with Gasteiger partial charge < -0.3 is 9.64 Å². The number of aryl methyl sites for hydroxylation is 1. The lowest BCUT2D eigenvalue weighted by Crippen LogP contribution is -2.45. The standard InChI is InChI=1S/C15H21NO2/c1-4-15(17)16-9-12(3)18-14(10-16)13-7-5-11(2)6-8-13/h5-8,12,14H,4,9-10H2,1-3H3. The number of ether oxygens (including phenoxy) is 1. The van der Waals surface area contributed by atoms with Gasteiger partial charge in [0.2, 0.25) is 5.91 Å². The Hall–Kier alpha value is -1.35. The second-order valence-electron chi connectivity index (χ2n) is 5.00. The van der Waals surface area contributed by atoms with Gasteiger partial charge in [0.15, 0.2) is 0 Å². The molecule has 3 nitrogen and oxygen atoms in total. The van der Waals surface area contributed by atoms with Crippen LogP contribution in [0, 0.1) is 6.92 Å². The zero-order valence-corrected chi connectivity index (χ0v) is 11.3. The summed E-state index contributed by atoms with van der Waals surface area (Å²) in [6, 6.07) is 8.35. The van der Waals surface area contributed by atoms with E-state index in [4.69, 9.17) is 4.74 Å². The number of morpholine rings is 1. The maximum absolute atomic E-state index is 11.8. The molecule has 3 heteroatoms. The van der Waals surface area contributed by atoms with Gasteiger partial charge in [-0.15, -0.1) is 0 Å². The van der Waals surface area contributed by atoms with Gasteiger partial charge in [0.25, 0.3) is 0 Å². The fourth-order valence-electron chi connectivity index (χ4n) is 2.34. The monoisotopic (exact) mass is 247 g/mol. The molecule has 1 heterocycles. The molecule has 18 heavy (non-hydrogen) atoms. The fraction of sp³-hybridized carbons (Fsp3) is 0.533. The second kappa shape index (κ2) is 5.53. The third kappa shape index (κ3) is 2.91. The first-order chi connectivity index (χ1) is 8.60. The van der Waals surface area contributed by atoms with Crippen LogP contribution in [0.2, 0.25) is 0 Å². The molecule has 2 unspecified atom stereocenters. The molecule has 0 aromatic heterocycles. The SMILES string of the molecule is CCC(=O)N1CC(C)OC(c2ccc(C)cc2)C1. The van der Waals surface area contributed by atoms with Crippen molar-refractivity contribution in [1.29, 1.82) is 0 Å². The van der Waals surface area contributed by atoms with Crippen LogP contribution >= 0.6 is 0 Å². The molecule has 1 fully saturated rings. The van der Waals surface area contributed by atoms with Crippen molar-refractivity contribution in [3.8, 4) is 0 Å². The molecule has 0 aliphatic carbocycles. The van der Waals surface area contributed by atoms with Crippen molar-refractivity contribution in [2.24, 2.45) is 0 Å². The Bertz CT molecular complexity index is 413. The maximum atomic E-state index is 11.8. The van der Waals surface area contributed by atoms with E-state index < -0.39 is 0 Å². The lowest BCUT2D eigenvalue weighted by atomic mass is 10.0. The number of hydrogen-bond acceptors (Lipinski definition) is 2. The number of rotatable bonds is 2. The minimum absolute atomic E-state index is 0.00449. The number of carbonyl (C=O) groups excluding carboxylic acids is 1. The Morgan fingerprint density at radius 2 is 2.00 bits per heavy atom. The highest BCUT2D eigenvalue weighted by Crippen LogP contribution is 2.25. The van der Waals surface area contributed by atoms with E-state index in [9.17, 15) is 4.79 Å². The van der Waals surface area contributed by atoms with Crippen LogP contribution in [0.5, 0.6) is 0 Å². The molecule has 0 radical (unpaired) electrons. The van der Waals surface area contributed by atoms with E-state index in [1.165, 1.54) is 5.56 Å². The fourth-order valence-corrected chi connectivity index (χ4v) is 2.34. The zero-order valence-electron chi connectivity index (χ0n) is 11.3. The normalized spacial score (nSPS) is 24.1. The molecule has 1 saturated heterocycles. The van der Waals surface area contributed by atoms with Crippen molar-refractivity contribution in [2.45, 2.75) is 39.4 Å². The van der Waals surface area contributed by atoms with Crippen molar-refractivity contribution >= 4 is 5.91 Å². The lowest BCUT2D eigenvalue weighted by Gasteiger charge is -2.37. The second-order valence-corrected chi connectivity index (χ2v) is 5.00. The maximum Gasteiger partial charge on any atom is 0.222 e. The van der Waals surface area contributed by atoms with Gasteiger partial charge in [-0.2, -0.15) is 0 Å². The van der Waals surface area contributed by atoms with Gasteiger partial charge in [-0.1, -0.05) is 36.8 Å². The first kappa shape index (κ1) is 13.1. The van der Waals surface area contributed by atoms with Crippen LogP contribution in [0.1, 0.15) is 37.5 Å². The topological polar surface area (TPSA) is 29.5 Å². The van der Waals surface area contributed by atoms with E-state index in [0.29, 0.717) is 19.5 Å². The molecule has 1 aromatic carbocycles. The van der Waals surface area contributed by atoms with Gasteiger partial charge in [-0.3, -0.25) is 4.79 Å². The van der Waals surface area contributed by atoms with Gasteiger partial charge in [0.05, 0.1) is 12.6 Å². The summed E-state index contributed by atoms with van der Waals surface area (Å²) in [5.74, 6) is 0.210. The lowest BCUT2D eigenvalue weighted by molar-refractivity contribution is -0.144. The van der Waals surface area contributed by atoms with Crippen LogP contribution in [0.4, 0.5) is 0 Å². The zero-order chi connectivity index (χ0) is 13.1. The van der Waals surface area contributed by atoms with E-state index in [0.717, 1.165) is 5.56 Å². The van der Waals surface area contributed by atoms with E-state index in [1.807, 2.05) is 18.7 Å². The number of carbonyl (C=O) groups is 1. The van der Waals surface area contributed by atoms with Crippen LogP contribution in [0.15, 0.2) is 24.3 Å². The number of nitrogens with zero attached hydrogens (tertiary/aromatic N) is 1. The Labute approximate surface area is 109 Å². The van der Waals surface area contributed by atoms with E-state index in [-0.39, 0.29) is 18.1 Å². The summed E-state index contributed by atoms with van der Waals surface area (Å²) in [5.41, 5.74) is 2.39. The van der Waals surface area contributed by atoms with Crippen LogP contribution < -0.4 is 0 Å². The summed E-state index contributed by atoms with van der Waals surface area (Å²) in [7, 11) is 0. The first-order valence-corrected chi connectivity index (χ1v) is 6.60. The summed E-state index contributed by atoms with van der Waals surface area (Å²) in [6.07, 6.45) is 0.665. The van der Waals surface area contributed by atoms with Gasteiger partial charge >= 0.3 is 0 Å². The molecular formula is C15H21NO2. The Balaban J connectivity index is 2.13. The molecule has 2 rings (SSSR count). The van der Waals surface area contributed by atoms with Gasteiger partial charge in [0.1, 0.15) is 6.10 Å². The van der Waals surface area contributed by atoms with Crippen molar-refractivity contribution in [2.75, 3.05) is 13.1 Å². The van der Waals surface area contributed by atoms with Gasteiger partial charge in [-0.25, -0.2) is 0 Å². The first-order valence-electron chi connectivity index (χ1n) is 6.60. The molecule has 1 aliphatic heterocycles. The molecule has 2 atom stereocenters. The van der Waals surface area contributed by atoms with Gasteiger partial charge in [-0.05, 0) is 19.4 Å². The predicted molar refractivity (Wildman–Crippen MR) is 71.3 cm³/mol. The number of benzene rings is 1. The quantitative estimate of drug-likeness (QED) is 0.804. The van der Waals surface area contributed by atoms with E-state index in [2.05, 4.69) is 31.2 Å². The number of hydrogen-bond donors (Lipinski definition) is 0. The minimum Gasteiger partial charge on any atom is -0.367 e. The third-order valence-corrected chi connectivity index (χ3v) is 3.36. The van der Waals surface area contributed by atoms with Crippen LogP contribution in [0.3, 0.4) is 0 Å². The highest BCUT2D eigenvalue weighted by molar-refractivity contribution is 5.76. The summed E-state index contributed by atoms with van der Waals surface area (Å²) >= 11 is 0. The van der Waals surface area contributed by atoms with Crippen molar-refractivity contribution in [1.82, 2.24) is 4.90 Å². The van der Waals surface area contributed by atoms with E-state index >= 15 is 0 Å². The van der Waals surface area contributed by atoms with Crippen LogP contribution in [-0.2, 0) is 9.53 Å². The van der Waals surface area contributed by atoms with Gasteiger partial charge in [0, 0.05) is 13.0 Å². The average Bonchev–Trinajstić information content (AvgIpc) is 2.38. The summed E-state index contributed by atoms with van der Waals surface area (Å²) < 4.78 is 5.94. The molecule has 1 aromatic rings. The molecule has 0 spiro atoms. The van der Waals surface area contributed by atoms with Crippen LogP contribution in [0.25, 0.3) is 0 Å². The Kier molecular flexibility index (Phi) is 4.02. The highest BCUT2D eigenvalue weighted by Gasteiger charge is 2.28.